The lowest BCUT2D eigenvalue weighted by Gasteiger charge is -2.27. The van der Waals surface area contributed by atoms with Gasteiger partial charge in [-0.25, -0.2) is 0 Å². The van der Waals surface area contributed by atoms with Gasteiger partial charge in [-0.2, -0.15) is 0 Å². The summed E-state index contributed by atoms with van der Waals surface area (Å²) in [6.07, 6.45) is 4.80. The van der Waals surface area contributed by atoms with Crippen molar-refractivity contribution in [3.05, 3.63) is 0 Å². The van der Waals surface area contributed by atoms with Gasteiger partial charge < -0.3 is 15.6 Å². The number of nitrogens with two attached hydrogens (primary N) is 1. The van der Waals surface area contributed by atoms with Crippen LogP contribution in [0.4, 0.5) is 0 Å². The summed E-state index contributed by atoms with van der Waals surface area (Å²) in [5.74, 6) is 0.419. The quantitative estimate of drug-likeness (QED) is 0.728. The van der Waals surface area contributed by atoms with E-state index in [4.69, 9.17) is 15.6 Å². The topological polar surface area (TPSA) is 72.5 Å². The third-order valence-corrected chi connectivity index (χ3v) is 2.77. The molecule has 1 rings (SSSR count). The van der Waals surface area contributed by atoms with Crippen molar-refractivity contribution < 1.29 is 14.6 Å². The second-order valence-electron chi connectivity index (χ2n) is 5.57. The molecule has 1 aliphatic rings. The van der Waals surface area contributed by atoms with Gasteiger partial charge in [0.1, 0.15) is 5.60 Å². The predicted molar refractivity (Wildman–Crippen MR) is 68.5 cm³/mol. The molecule has 0 bridgehead atoms. The standard InChI is InChI=1S/C12H23NO2.CH4O/c1-12(2,3)15-11(14)8-9-4-6-10(13)7-5-9;1-2/h9-10H,4-8,13H2,1-3H3;2H,1H3. The van der Waals surface area contributed by atoms with Crippen LogP contribution in [0, 0.1) is 5.92 Å². The maximum Gasteiger partial charge on any atom is 0.306 e. The molecule has 0 saturated heterocycles. The first kappa shape index (κ1) is 16.4. The minimum atomic E-state index is -0.359. The van der Waals surface area contributed by atoms with Crippen LogP contribution in [0.3, 0.4) is 0 Å². The summed E-state index contributed by atoms with van der Waals surface area (Å²) in [7, 11) is 1.00. The summed E-state index contributed by atoms with van der Waals surface area (Å²) in [6, 6.07) is 0.347. The second kappa shape index (κ2) is 7.67. The number of esters is 1. The minimum absolute atomic E-state index is 0.0667. The molecule has 17 heavy (non-hydrogen) atoms. The molecule has 3 N–H and O–H groups in total. The van der Waals surface area contributed by atoms with Crippen LogP contribution in [0.2, 0.25) is 0 Å². The zero-order valence-corrected chi connectivity index (χ0v) is 11.5. The first-order valence-corrected chi connectivity index (χ1v) is 6.29. The van der Waals surface area contributed by atoms with Gasteiger partial charge in [-0.3, -0.25) is 4.79 Å². The number of aliphatic hydroxyl groups is 1. The average Bonchev–Trinajstić information content (AvgIpc) is 2.22. The van der Waals surface area contributed by atoms with E-state index in [1.807, 2.05) is 20.8 Å². The van der Waals surface area contributed by atoms with Gasteiger partial charge >= 0.3 is 5.97 Å². The van der Waals surface area contributed by atoms with Crippen LogP contribution in [0.1, 0.15) is 52.9 Å². The number of hydrogen-bond donors (Lipinski definition) is 2. The fourth-order valence-electron chi connectivity index (χ4n) is 2.01. The Balaban J connectivity index is 0.00000121. The van der Waals surface area contributed by atoms with Crippen LogP contribution >= 0.6 is 0 Å². The lowest BCUT2D eigenvalue weighted by atomic mass is 9.84. The molecule has 0 aromatic carbocycles. The predicted octanol–water partition coefficient (Wildman–Crippen LogP) is 1.84. The van der Waals surface area contributed by atoms with E-state index in [1.165, 1.54) is 0 Å². The molecular weight excluding hydrogens is 218 g/mol. The highest BCUT2D eigenvalue weighted by atomic mass is 16.6. The molecule has 1 fully saturated rings. The Hall–Kier alpha value is -0.610. The van der Waals surface area contributed by atoms with Gasteiger partial charge in [-0.1, -0.05) is 0 Å². The molecule has 0 spiro atoms. The molecule has 1 saturated carbocycles. The summed E-state index contributed by atoms with van der Waals surface area (Å²) < 4.78 is 5.30. The SMILES string of the molecule is CC(C)(C)OC(=O)CC1CCC(N)CC1.CO. The zero-order chi connectivity index (χ0) is 13.5. The number of carbonyl (C=O) groups excluding carboxylic acids is 1. The highest BCUT2D eigenvalue weighted by Crippen LogP contribution is 2.26. The van der Waals surface area contributed by atoms with E-state index >= 15 is 0 Å². The summed E-state index contributed by atoms with van der Waals surface area (Å²) in [4.78, 5) is 11.6. The molecular formula is C13H27NO3. The summed E-state index contributed by atoms with van der Waals surface area (Å²) in [5, 5.41) is 7.00. The van der Waals surface area contributed by atoms with Gasteiger partial charge in [0.25, 0.3) is 0 Å². The number of carbonyl (C=O) groups is 1. The number of hydrogen-bond acceptors (Lipinski definition) is 4. The molecule has 102 valence electrons. The van der Waals surface area contributed by atoms with E-state index in [9.17, 15) is 4.79 Å². The highest BCUT2D eigenvalue weighted by molar-refractivity contribution is 5.70. The summed E-state index contributed by atoms with van der Waals surface area (Å²) in [5.41, 5.74) is 5.45. The summed E-state index contributed by atoms with van der Waals surface area (Å²) >= 11 is 0. The van der Waals surface area contributed by atoms with E-state index < -0.39 is 0 Å². The van der Waals surface area contributed by atoms with Crippen molar-refractivity contribution in [2.24, 2.45) is 11.7 Å². The monoisotopic (exact) mass is 245 g/mol. The lowest BCUT2D eigenvalue weighted by molar-refractivity contribution is -0.156. The Morgan fingerprint density at radius 3 is 2.12 bits per heavy atom. The van der Waals surface area contributed by atoms with E-state index in [2.05, 4.69) is 0 Å². The highest BCUT2D eigenvalue weighted by Gasteiger charge is 2.23. The van der Waals surface area contributed by atoms with Gasteiger partial charge in [0.05, 0.1) is 0 Å². The van der Waals surface area contributed by atoms with Crippen LogP contribution < -0.4 is 5.73 Å². The van der Waals surface area contributed by atoms with Gasteiger partial charge in [0.2, 0.25) is 0 Å². The number of aliphatic hydroxyl groups excluding tert-OH is 1. The van der Waals surface area contributed by atoms with Gasteiger partial charge in [0, 0.05) is 19.6 Å². The molecule has 0 heterocycles. The molecule has 4 heteroatoms. The van der Waals surface area contributed by atoms with Crippen LogP contribution in [0.5, 0.6) is 0 Å². The first-order chi connectivity index (χ1) is 7.87. The van der Waals surface area contributed by atoms with Crippen molar-refractivity contribution in [1.29, 1.82) is 0 Å². The fourth-order valence-corrected chi connectivity index (χ4v) is 2.01. The average molecular weight is 245 g/mol. The number of ether oxygens (including phenoxy) is 1. The maximum absolute atomic E-state index is 11.6. The Labute approximate surface area is 105 Å². The lowest BCUT2D eigenvalue weighted by Crippen LogP contribution is -2.29. The van der Waals surface area contributed by atoms with Gasteiger partial charge in [-0.15, -0.1) is 0 Å². The second-order valence-corrected chi connectivity index (χ2v) is 5.57. The van der Waals surface area contributed by atoms with Crippen molar-refractivity contribution >= 4 is 5.97 Å². The van der Waals surface area contributed by atoms with Crippen LogP contribution in [0.25, 0.3) is 0 Å². The van der Waals surface area contributed by atoms with Crippen LogP contribution in [-0.4, -0.2) is 29.8 Å². The molecule has 1 aliphatic carbocycles. The smallest absolute Gasteiger partial charge is 0.306 e. The minimum Gasteiger partial charge on any atom is -0.460 e. The Morgan fingerprint density at radius 2 is 1.71 bits per heavy atom. The molecule has 4 nitrogen and oxygen atoms in total. The van der Waals surface area contributed by atoms with Crippen molar-refractivity contribution in [3.63, 3.8) is 0 Å². The number of rotatable bonds is 2. The molecule has 0 amide bonds. The van der Waals surface area contributed by atoms with Crippen molar-refractivity contribution in [2.45, 2.75) is 64.5 Å². The summed E-state index contributed by atoms with van der Waals surface area (Å²) in [6.45, 7) is 5.71. The Morgan fingerprint density at radius 1 is 1.24 bits per heavy atom. The molecule has 0 unspecified atom stereocenters. The van der Waals surface area contributed by atoms with Crippen LogP contribution in [0.15, 0.2) is 0 Å². The normalized spacial score (nSPS) is 24.6. The molecule has 0 atom stereocenters. The Bertz CT molecular complexity index is 215. The molecule has 0 aromatic rings. The van der Waals surface area contributed by atoms with E-state index in [-0.39, 0.29) is 11.6 Å². The van der Waals surface area contributed by atoms with E-state index in [0.29, 0.717) is 18.4 Å². The zero-order valence-electron chi connectivity index (χ0n) is 11.5. The third-order valence-electron chi connectivity index (χ3n) is 2.77. The van der Waals surface area contributed by atoms with Crippen molar-refractivity contribution in [3.8, 4) is 0 Å². The molecule has 0 radical (unpaired) electrons. The van der Waals surface area contributed by atoms with E-state index in [0.717, 1.165) is 32.8 Å². The Kier molecular flexibility index (Phi) is 7.39. The van der Waals surface area contributed by atoms with Gasteiger partial charge in [0.15, 0.2) is 0 Å². The largest absolute Gasteiger partial charge is 0.460 e. The third kappa shape index (κ3) is 8.16. The van der Waals surface area contributed by atoms with Crippen molar-refractivity contribution in [2.75, 3.05) is 7.11 Å². The molecule has 0 aliphatic heterocycles. The van der Waals surface area contributed by atoms with Gasteiger partial charge in [-0.05, 0) is 52.4 Å². The van der Waals surface area contributed by atoms with Crippen molar-refractivity contribution in [1.82, 2.24) is 0 Å². The molecule has 0 aromatic heterocycles. The fraction of sp³-hybridized carbons (Fsp3) is 0.923. The van der Waals surface area contributed by atoms with E-state index in [1.54, 1.807) is 0 Å². The van der Waals surface area contributed by atoms with Crippen LogP contribution in [-0.2, 0) is 9.53 Å². The maximum atomic E-state index is 11.6. The first-order valence-electron chi connectivity index (χ1n) is 6.29.